The summed E-state index contributed by atoms with van der Waals surface area (Å²) in [6, 6.07) is 9.99. The molecule has 0 saturated heterocycles. The van der Waals surface area contributed by atoms with Gasteiger partial charge >= 0.3 is 0 Å². The lowest BCUT2D eigenvalue weighted by molar-refractivity contribution is -0.114. The van der Waals surface area contributed by atoms with Crippen LogP contribution in [0.25, 0.3) is 0 Å². The van der Waals surface area contributed by atoms with Crippen LogP contribution in [0.5, 0.6) is 0 Å². The number of nitrogens with one attached hydrogen (secondary N) is 1. The van der Waals surface area contributed by atoms with E-state index in [0.29, 0.717) is 0 Å². The molecular weight excluding hydrogens is 244 g/mol. The number of amides is 1. The Morgan fingerprint density at radius 3 is 2.83 bits per heavy atom. The summed E-state index contributed by atoms with van der Waals surface area (Å²) in [7, 11) is 0. The van der Waals surface area contributed by atoms with Crippen LogP contribution < -0.4 is 5.32 Å². The highest BCUT2D eigenvalue weighted by molar-refractivity contribution is 7.13. The highest BCUT2D eigenvalue weighted by Crippen LogP contribution is 2.31. The van der Waals surface area contributed by atoms with Crippen molar-refractivity contribution in [1.29, 1.82) is 0 Å². The molecule has 3 rings (SSSR count). The summed E-state index contributed by atoms with van der Waals surface area (Å²) >= 11 is 1.62. The van der Waals surface area contributed by atoms with Crippen molar-refractivity contribution in [2.45, 2.75) is 6.92 Å². The van der Waals surface area contributed by atoms with Gasteiger partial charge < -0.3 is 5.32 Å². The molecule has 90 valence electrons. The Bertz CT molecular complexity index is 628. The van der Waals surface area contributed by atoms with Crippen LogP contribution in [0.1, 0.15) is 16.0 Å². The van der Waals surface area contributed by atoms with E-state index in [-0.39, 0.29) is 12.5 Å². The number of carbonyl (C=O) groups is 1. The van der Waals surface area contributed by atoms with Crippen molar-refractivity contribution in [2.75, 3.05) is 11.9 Å². The maximum Gasteiger partial charge on any atom is 0.246 e. The SMILES string of the molecule is Cc1csc2c1NC(=O)CN=C2c1ccccc1. The zero-order valence-corrected chi connectivity index (χ0v) is 10.8. The van der Waals surface area contributed by atoms with Crippen LogP contribution in [0.15, 0.2) is 40.7 Å². The number of aryl methyl sites for hydroxylation is 1. The number of thiophene rings is 1. The minimum absolute atomic E-state index is 0.0521. The molecule has 0 fully saturated rings. The van der Waals surface area contributed by atoms with Gasteiger partial charge in [-0.05, 0) is 17.9 Å². The fourth-order valence-corrected chi connectivity index (χ4v) is 3.03. The maximum absolute atomic E-state index is 11.7. The quantitative estimate of drug-likeness (QED) is 0.837. The molecule has 1 N–H and O–H groups in total. The van der Waals surface area contributed by atoms with Gasteiger partial charge in [0.1, 0.15) is 6.54 Å². The number of benzene rings is 1. The first-order valence-corrected chi connectivity index (χ1v) is 6.62. The molecule has 1 aliphatic heterocycles. The maximum atomic E-state index is 11.7. The summed E-state index contributed by atoms with van der Waals surface area (Å²) in [6.07, 6.45) is 0. The van der Waals surface area contributed by atoms with Gasteiger partial charge in [-0.15, -0.1) is 11.3 Å². The van der Waals surface area contributed by atoms with Gasteiger partial charge in [0.25, 0.3) is 0 Å². The summed E-state index contributed by atoms with van der Waals surface area (Å²) < 4.78 is 0. The van der Waals surface area contributed by atoms with Gasteiger partial charge in [-0.3, -0.25) is 9.79 Å². The predicted molar refractivity (Wildman–Crippen MR) is 74.6 cm³/mol. The van der Waals surface area contributed by atoms with Gasteiger partial charge in [0.2, 0.25) is 5.91 Å². The normalized spacial score (nSPS) is 14.5. The molecule has 2 heterocycles. The molecule has 1 amide bonds. The summed E-state index contributed by atoms with van der Waals surface area (Å²) in [5.41, 5.74) is 3.96. The van der Waals surface area contributed by atoms with E-state index in [0.717, 1.165) is 27.4 Å². The molecule has 1 aromatic carbocycles. The van der Waals surface area contributed by atoms with E-state index < -0.39 is 0 Å². The Morgan fingerprint density at radius 1 is 1.28 bits per heavy atom. The zero-order valence-electron chi connectivity index (χ0n) is 9.93. The number of nitrogens with zero attached hydrogens (tertiary/aromatic N) is 1. The minimum Gasteiger partial charge on any atom is -0.323 e. The highest BCUT2D eigenvalue weighted by atomic mass is 32.1. The monoisotopic (exact) mass is 256 g/mol. The third-order valence-electron chi connectivity index (χ3n) is 2.88. The molecule has 1 aliphatic rings. The van der Waals surface area contributed by atoms with Crippen LogP contribution in [0.3, 0.4) is 0 Å². The van der Waals surface area contributed by atoms with Crippen molar-refractivity contribution in [3.63, 3.8) is 0 Å². The van der Waals surface area contributed by atoms with Crippen LogP contribution in [0.4, 0.5) is 5.69 Å². The third kappa shape index (κ3) is 1.84. The number of hydrogen-bond acceptors (Lipinski definition) is 3. The molecule has 0 unspecified atom stereocenters. The van der Waals surface area contributed by atoms with Crippen LogP contribution in [-0.4, -0.2) is 18.2 Å². The largest absolute Gasteiger partial charge is 0.323 e. The number of fused-ring (bicyclic) bond motifs is 1. The molecule has 18 heavy (non-hydrogen) atoms. The topological polar surface area (TPSA) is 41.5 Å². The summed E-state index contributed by atoms with van der Waals surface area (Å²) in [5, 5.41) is 4.98. The Hall–Kier alpha value is -1.94. The second kappa shape index (κ2) is 4.38. The Labute approximate surface area is 109 Å². The molecule has 2 aromatic rings. The van der Waals surface area contributed by atoms with E-state index in [4.69, 9.17) is 0 Å². The van der Waals surface area contributed by atoms with E-state index in [2.05, 4.69) is 15.7 Å². The van der Waals surface area contributed by atoms with E-state index in [1.165, 1.54) is 0 Å². The summed E-state index contributed by atoms with van der Waals surface area (Å²) in [6.45, 7) is 2.19. The number of hydrogen-bond donors (Lipinski definition) is 1. The number of carbonyl (C=O) groups excluding carboxylic acids is 1. The smallest absolute Gasteiger partial charge is 0.246 e. The lowest BCUT2D eigenvalue weighted by Gasteiger charge is -2.05. The van der Waals surface area contributed by atoms with E-state index in [1.807, 2.05) is 37.3 Å². The molecule has 0 aliphatic carbocycles. The van der Waals surface area contributed by atoms with Crippen LogP contribution in [0.2, 0.25) is 0 Å². The average molecular weight is 256 g/mol. The fourth-order valence-electron chi connectivity index (χ4n) is 1.99. The second-order valence-electron chi connectivity index (χ2n) is 4.20. The lowest BCUT2D eigenvalue weighted by atomic mass is 10.1. The Morgan fingerprint density at radius 2 is 2.06 bits per heavy atom. The van der Waals surface area contributed by atoms with E-state index in [1.54, 1.807) is 11.3 Å². The molecule has 0 radical (unpaired) electrons. The number of rotatable bonds is 1. The average Bonchev–Trinajstić information content (AvgIpc) is 2.65. The Kier molecular flexibility index (Phi) is 2.72. The first-order chi connectivity index (χ1) is 8.75. The molecule has 0 spiro atoms. The second-order valence-corrected chi connectivity index (χ2v) is 5.08. The molecule has 3 nitrogen and oxygen atoms in total. The first-order valence-electron chi connectivity index (χ1n) is 5.74. The van der Waals surface area contributed by atoms with E-state index in [9.17, 15) is 4.79 Å². The number of aliphatic imine (C=N–C) groups is 1. The van der Waals surface area contributed by atoms with Crippen molar-refractivity contribution < 1.29 is 4.79 Å². The van der Waals surface area contributed by atoms with Crippen molar-refractivity contribution in [2.24, 2.45) is 4.99 Å². The van der Waals surface area contributed by atoms with Crippen molar-refractivity contribution in [3.8, 4) is 0 Å². The molecule has 0 atom stereocenters. The van der Waals surface area contributed by atoms with Gasteiger partial charge in [-0.1, -0.05) is 30.3 Å². The molecule has 4 heteroatoms. The van der Waals surface area contributed by atoms with E-state index >= 15 is 0 Å². The van der Waals surface area contributed by atoms with Gasteiger partial charge in [0.15, 0.2) is 0 Å². The van der Waals surface area contributed by atoms with Crippen LogP contribution in [0, 0.1) is 6.92 Å². The fraction of sp³-hybridized carbons (Fsp3) is 0.143. The van der Waals surface area contributed by atoms with Crippen molar-refractivity contribution in [1.82, 2.24) is 0 Å². The van der Waals surface area contributed by atoms with Gasteiger partial charge in [0.05, 0.1) is 16.3 Å². The molecule has 0 saturated carbocycles. The minimum atomic E-state index is -0.0521. The third-order valence-corrected chi connectivity index (χ3v) is 3.99. The summed E-state index contributed by atoms with van der Waals surface area (Å²) in [4.78, 5) is 17.1. The number of anilines is 1. The van der Waals surface area contributed by atoms with Gasteiger partial charge in [0, 0.05) is 5.56 Å². The lowest BCUT2D eigenvalue weighted by Crippen LogP contribution is -2.13. The Balaban J connectivity index is 2.17. The predicted octanol–water partition coefficient (Wildman–Crippen LogP) is 2.85. The highest BCUT2D eigenvalue weighted by Gasteiger charge is 2.20. The molecule has 1 aromatic heterocycles. The van der Waals surface area contributed by atoms with Crippen molar-refractivity contribution in [3.05, 3.63) is 51.7 Å². The van der Waals surface area contributed by atoms with Crippen LogP contribution >= 0.6 is 11.3 Å². The molecule has 0 bridgehead atoms. The molecular formula is C14H12N2OS. The standard InChI is InChI=1S/C14H12N2OS/c1-9-8-18-14-12(9)16-11(17)7-15-13(14)10-5-3-2-4-6-10/h2-6,8H,7H2,1H3,(H,16,17). The van der Waals surface area contributed by atoms with Gasteiger partial charge in [-0.2, -0.15) is 0 Å². The zero-order chi connectivity index (χ0) is 12.5. The van der Waals surface area contributed by atoms with Gasteiger partial charge in [-0.25, -0.2) is 0 Å². The van der Waals surface area contributed by atoms with Crippen molar-refractivity contribution >= 4 is 28.6 Å². The first kappa shape index (κ1) is 11.2. The summed E-state index contributed by atoms with van der Waals surface area (Å²) in [5.74, 6) is -0.0521. The van der Waals surface area contributed by atoms with Crippen LogP contribution in [-0.2, 0) is 4.79 Å².